The van der Waals surface area contributed by atoms with Gasteiger partial charge in [0.05, 0.1) is 6.10 Å². The summed E-state index contributed by atoms with van der Waals surface area (Å²) in [6.07, 6.45) is 2.18. The number of hydrogen-bond donors (Lipinski definition) is 1. The predicted octanol–water partition coefficient (Wildman–Crippen LogP) is 3.94. The first-order valence-electron chi connectivity index (χ1n) is 5.69. The average molecular weight is 267 g/mol. The zero-order chi connectivity index (χ0) is 12.1. The maximum absolute atomic E-state index is 9.94. The molecule has 0 aliphatic carbocycles. The lowest BCUT2D eigenvalue weighted by Gasteiger charge is -2.09. The highest BCUT2D eigenvalue weighted by atomic mass is 35.5. The van der Waals surface area contributed by atoms with Gasteiger partial charge in [0.25, 0.3) is 0 Å². The molecule has 90 valence electrons. The number of thiophene rings is 1. The molecule has 0 saturated heterocycles. The number of aryl methyl sites for hydroxylation is 1. The molecule has 1 aromatic carbocycles. The van der Waals surface area contributed by atoms with Crippen LogP contribution in [0.5, 0.6) is 0 Å². The van der Waals surface area contributed by atoms with E-state index in [1.807, 2.05) is 30.3 Å². The van der Waals surface area contributed by atoms with Crippen molar-refractivity contribution >= 4 is 22.9 Å². The van der Waals surface area contributed by atoms with Gasteiger partial charge in [-0.3, -0.25) is 0 Å². The molecule has 0 amide bonds. The lowest BCUT2D eigenvalue weighted by atomic mass is 10.0. The number of hydrogen-bond acceptors (Lipinski definition) is 2. The standard InChI is InChI=1S/C14H15ClOS/c15-12-5-3-11(4-6-12)10-13(16)7-8-14-2-1-9-17-14/h1-6,9,13,16H,7-8,10H2. The molecule has 1 nitrogen and oxygen atoms in total. The van der Waals surface area contributed by atoms with Gasteiger partial charge in [-0.25, -0.2) is 0 Å². The summed E-state index contributed by atoms with van der Waals surface area (Å²) < 4.78 is 0. The van der Waals surface area contributed by atoms with E-state index in [0.717, 1.165) is 23.4 Å². The highest BCUT2D eigenvalue weighted by Gasteiger charge is 2.06. The minimum absolute atomic E-state index is 0.279. The Labute approximate surface area is 111 Å². The van der Waals surface area contributed by atoms with Crippen LogP contribution >= 0.6 is 22.9 Å². The zero-order valence-corrected chi connectivity index (χ0v) is 11.0. The van der Waals surface area contributed by atoms with Gasteiger partial charge in [-0.1, -0.05) is 29.8 Å². The summed E-state index contributed by atoms with van der Waals surface area (Å²) in [4.78, 5) is 1.33. The van der Waals surface area contributed by atoms with Crippen molar-refractivity contribution < 1.29 is 5.11 Å². The fourth-order valence-electron chi connectivity index (χ4n) is 1.76. The van der Waals surface area contributed by atoms with Crippen LogP contribution in [0, 0.1) is 0 Å². The summed E-state index contributed by atoms with van der Waals surface area (Å²) in [7, 11) is 0. The molecule has 1 atom stereocenters. The summed E-state index contributed by atoms with van der Waals surface area (Å²) in [5.41, 5.74) is 1.13. The maximum atomic E-state index is 9.94. The van der Waals surface area contributed by atoms with Crippen molar-refractivity contribution in [3.05, 3.63) is 57.2 Å². The van der Waals surface area contributed by atoms with Crippen LogP contribution < -0.4 is 0 Å². The van der Waals surface area contributed by atoms with Gasteiger partial charge in [0, 0.05) is 9.90 Å². The van der Waals surface area contributed by atoms with Gasteiger partial charge in [0.1, 0.15) is 0 Å². The van der Waals surface area contributed by atoms with E-state index in [1.165, 1.54) is 4.88 Å². The summed E-state index contributed by atoms with van der Waals surface area (Å²) in [5.74, 6) is 0. The van der Waals surface area contributed by atoms with Crippen molar-refractivity contribution in [3.63, 3.8) is 0 Å². The van der Waals surface area contributed by atoms with Crippen molar-refractivity contribution in [2.75, 3.05) is 0 Å². The van der Waals surface area contributed by atoms with E-state index in [4.69, 9.17) is 11.6 Å². The third-order valence-corrected chi connectivity index (χ3v) is 3.88. The minimum Gasteiger partial charge on any atom is -0.393 e. The summed E-state index contributed by atoms with van der Waals surface area (Å²) in [6, 6.07) is 11.8. The first-order valence-corrected chi connectivity index (χ1v) is 6.94. The third-order valence-electron chi connectivity index (χ3n) is 2.69. The Bertz CT molecular complexity index is 436. The van der Waals surface area contributed by atoms with E-state index < -0.39 is 0 Å². The smallest absolute Gasteiger partial charge is 0.0584 e. The Hall–Kier alpha value is -0.830. The van der Waals surface area contributed by atoms with Gasteiger partial charge < -0.3 is 5.11 Å². The van der Waals surface area contributed by atoms with Gasteiger partial charge in [0.15, 0.2) is 0 Å². The van der Waals surface area contributed by atoms with Crippen LogP contribution in [-0.2, 0) is 12.8 Å². The minimum atomic E-state index is -0.279. The Kier molecular flexibility index (Phi) is 4.60. The Morgan fingerprint density at radius 1 is 1.18 bits per heavy atom. The molecule has 3 heteroatoms. The zero-order valence-electron chi connectivity index (χ0n) is 9.47. The van der Waals surface area contributed by atoms with Gasteiger partial charge in [-0.15, -0.1) is 11.3 Å². The lowest BCUT2D eigenvalue weighted by Crippen LogP contribution is -2.11. The number of halogens is 1. The fourth-order valence-corrected chi connectivity index (χ4v) is 2.61. The van der Waals surface area contributed by atoms with Crippen molar-refractivity contribution in [1.82, 2.24) is 0 Å². The second kappa shape index (κ2) is 6.20. The monoisotopic (exact) mass is 266 g/mol. The summed E-state index contributed by atoms with van der Waals surface area (Å²) in [6.45, 7) is 0. The van der Waals surface area contributed by atoms with Crippen LogP contribution in [0.15, 0.2) is 41.8 Å². The van der Waals surface area contributed by atoms with Gasteiger partial charge >= 0.3 is 0 Å². The molecule has 2 aromatic rings. The van der Waals surface area contributed by atoms with E-state index >= 15 is 0 Å². The number of aliphatic hydroxyl groups excluding tert-OH is 1. The molecular weight excluding hydrogens is 252 g/mol. The molecular formula is C14H15ClOS. The second-order valence-corrected chi connectivity index (χ2v) is 5.57. The highest BCUT2D eigenvalue weighted by molar-refractivity contribution is 7.09. The molecule has 0 radical (unpaired) electrons. The van der Waals surface area contributed by atoms with Crippen LogP contribution in [0.2, 0.25) is 5.02 Å². The van der Waals surface area contributed by atoms with Gasteiger partial charge in [-0.2, -0.15) is 0 Å². The highest BCUT2D eigenvalue weighted by Crippen LogP contribution is 2.15. The van der Waals surface area contributed by atoms with Crippen LogP contribution in [0.3, 0.4) is 0 Å². The third kappa shape index (κ3) is 4.15. The van der Waals surface area contributed by atoms with Crippen LogP contribution in [0.4, 0.5) is 0 Å². The SMILES string of the molecule is OC(CCc1cccs1)Cc1ccc(Cl)cc1. The lowest BCUT2D eigenvalue weighted by molar-refractivity contribution is 0.165. The molecule has 0 spiro atoms. The number of rotatable bonds is 5. The Morgan fingerprint density at radius 3 is 2.59 bits per heavy atom. The van der Waals surface area contributed by atoms with Crippen LogP contribution in [0.25, 0.3) is 0 Å². The summed E-state index contributed by atoms with van der Waals surface area (Å²) >= 11 is 7.56. The maximum Gasteiger partial charge on any atom is 0.0584 e. The van der Waals surface area contributed by atoms with E-state index in [-0.39, 0.29) is 6.10 Å². The quantitative estimate of drug-likeness (QED) is 0.869. The first-order chi connectivity index (χ1) is 8.24. The Balaban J connectivity index is 1.80. The largest absolute Gasteiger partial charge is 0.393 e. The second-order valence-electron chi connectivity index (χ2n) is 4.10. The Morgan fingerprint density at radius 2 is 1.94 bits per heavy atom. The van der Waals surface area contributed by atoms with Gasteiger partial charge in [-0.05, 0) is 48.4 Å². The normalized spacial score (nSPS) is 12.6. The van der Waals surface area contributed by atoms with Gasteiger partial charge in [0.2, 0.25) is 0 Å². The van der Waals surface area contributed by atoms with E-state index in [2.05, 4.69) is 11.4 Å². The molecule has 1 N–H and O–H groups in total. The molecule has 0 saturated carbocycles. The number of benzene rings is 1. The predicted molar refractivity (Wildman–Crippen MR) is 73.8 cm³/mol. The molecule has 0 fully saturated rings. The molecule has 17 heavy (non-hydrogen) atoms. The van der Waals surface area contributed by atoms with Crippen LogP contribution in [0.1, 0.15) is 16.9 Å². The molecule has 0 bridgehead atoms. The number of aliphatic hydroxyl groups is 1. The van der Waals surface area contributed by atoms with Crippen LogP contribution in [-0.4, -0.2) is 11.2 Å². The first kappa shape index (κ1) is 12.6. The van der Waals surface area contributed by atoms with Crippen molar-refractivity contribution in [2.45, 2.75) is 25.4 Å². The molecule has 1 unspecified atom stereocenters. The average Bonchev–Trinajstić information content (AvgIpc) is 2.83. The van der Waals surface area contributed by atoms with Crippen molar-refractivity contribution in [2.24, 2.45) is 0 Å². The molecule has 2 rings (SSSR count). The van der Waals surface area contributed by atoms with E-state index in [1.54, 1.807) is 11.3 Å². The van der Waals surface area contributed by atoms with E-state index in [9.17, 15) is 5.11 Å². The fraction of sp³-hybridized carbons (Fsp3) is 0.286. The molecule has 0 aliphatic heterocycles. The molecule has 1 heterocycles. The van der Waals surface area contributed by atoms with E-state index in [0.29, 0.717) is 6.42 Å². The summed E-state index contributed by atoms with van der Waals surface area (Å²) in [5, 5.41) is 12.8. The molecule has 0 aliphatic rings. The molecule has 1 aromatic heterocycles. The van der Waals surface area contributed by atoms with Crippen molar-refractivity contribution in [3.8, 4) is 0 Å². The topological polar surface area (TPSA) is 20.2 Å². The van der Waals surface area contributed by atoms with Crippen molar-refractivity contribution in [1.29, 1.82) is 0 Å².